The number of aromatic nitrogens is 2. The number of nitrogens with two attached hydrogens (primary N) is 2. The first-order valence-electron chi connectivity index (χ1n) is 10.1. The number of rotatable bonds is 7. The Morgan fingerprint density at radius 1 is 1.23 bits per heavy atom. The van der Waals surface area contributed by atoms with E-state index in [2.05, 4.69) is 23.7 Å². The van der Waals surface area contributed by atoms with E-state index in [0.717, 1.165) is 18.8 Å². The number of likely N-dealkylation sites (N-methyl/N-ethyl adjacent to an activating group) is 1. The molecule has 1 aromatic carbocycles. The molecule has 162 valence electrons. The van der Waals surface area contributed by atoms with Crippen molar-refractivity contribution in [2.75, 3.05) is 38.4 Å². The predicted octanol–water partition coefficient (Wildman–Crippen LogP) is 1.81. The molecule has 3 rings (SSSR count). The molecule has 2 aromatic rings. The highest BCUT2D eigenvalue weighted by molar-refractivity contribution is 5.89. The number of imidazole rings is 1. The van der Waals surface area contributed by atoms with Crippen LogP contribution in [0.3, 0.4) is 0 Å². The van der Waals surface area contributed by atoms with Gasteiger partial charge in [-0.1, -0.05) is 13.8 Å². The Labute approximate surface area is 176 Å². The molecule has 9 nitrogen and oxygen atoms in total. The largest absolute Gasteiger partial charge is 0.497 e. The molecule has 30 heavy (non-hydrogen) atoms. The number of allylic oxidation sites excluding steroid dienone is 1. The molecule has 0 fully saturated rings. The maximum atomic E-state index is 12.5. The number of fused-ring (bicyclic) bond motifs is 3. The topological polar surface area (TPSA) is 112 Å². The van der Waals surface area contributed by atoms with Gasteiger partial charge in [0.05, 0.1) is 36.5 Å². The van der Waals surface area contributed by atoms with Crippen LogP contribution in [0.1, 0.15) is 37.0 Å². The highest BCUT2D eigenvalue weighted by Gasteiger charge is 2.29. The van der Waals surface area contributed by atoms with Crippen molar-refractivity contribution in [3.05, 3.63) is 47.3 Å². The fourth-order valence-corrected chi connectivity index (χ4v) is 3.58. The molecule has 1 aliphatic heterocycles. The maximum Gasteiger partial charge on any atom is 0.358 e. The number of methoxy groups -OCH3 is 1. The number of anilines is 1. The molecular weight excluding hydrogens is 384 g/mol. The molecule has 0 atom stereocenters. The number of nitrogens with zero attached hydrogens (tertiary/aromatic N) is 4. The van der Waals surface area contributed by atoms with E-state index in [1.54, 1.807) is 25.4 Å². The molecule has 4 N–H and O–H groups in total. The standard InChI is InChI=1S/C21H30N6O3/c1-5-25(6-2)12-15(22)17-11-19-20(21(28)30-7-3)24-13-26(19)16-9-8-14(29-4)10-18(16)27(17)23/h8-10,13H,5-7,11-12,22-23H2,1-4H3/b17-15-. The third-order valence-corrected chi connectivity index (χ3v) is 5.32. The summed E-state index contributed by atoms with van der Waals surface area (Å²) in [7, 11) is 1.60. The lowest BCUT2D eigenvalue weighted by molar-refractivity contribution is 0.0519. The van der Waals surface area contributed by atoms with Crippen LogP contribution in [0, 0.1) is 0 Å². The Balaban J connectivity index is 2.19. The number of hydrazine groups is 1. The Morgan fingerprint density at radius 2 is 1.97 bits per heavy atom. The van der Waals surface area contributed by atoms with Gasteiger partial charge in [-0.2, -0.15) is 0 Å². The van der Waals surface area contributed by atoms with Crippen molar-refractivity contribution < 1.29 is 14.3 Å². The number of carbonyl (C=O) groups is 1. The van der Waals surface area contributed by atoms with Gasteiger partial charge in [0.1, 0.15) is 12.1 Å². The number of esters is 1. The normalized spacial score (nSPS) is 14.8. The number of hydrogen-bond donors (Lipinski definition) is 2. The van der Waals surface area contributed by atoms with Crippen LogP contribution in [0.4, 0.5) is 5.69 Å². The fraction of sp³-hybridized carbons (Fsp3) is 0.429. The van der Waals surface area contributed by atoms with E-state index in [9.17, 15) is 4.79 Å². The van der Waals surface area contributed by atoms with E-state index in [1.807, 2.05) is 22.8 Å². The number of carbonyl (C=O) groups excluding carboxylic acids is 1. The smallest absolute Gasteiger partial charge is 0.358 e. The number of hydrogen-bond acceptors (Lipinski definition) is 8. The third kappa shape index (κ3) is 3.99. The van der Waals surface area contributed by atoms with Gasteiger partial charge in [-0.15, -0.1) is 0 Å². The van der Waals surface area contributed by atoms with E-state index in [0.29, 0.717) is 41.5 Å². The van der Waals surface area contributed by atoms with Crippen LogP contribution in [0.15, 0.2) is 35.9 Å². The summed E-state index contributed by atoms with van der Waals surface area (Å²) < 4.78 is 12.5. The Morgan fingerprint density at radius 3 is 2.60 bits per heavy atom. The first kappa shape index (κ1) is 21.7. The summed E-state index contributed by atoms with van der Waals surface area (Å²) in [6.45, 7) is 8.51. The fourth-order valence-electron chi connectivity index (χ4n) is 3.58. The van der Waals surface area contributed by atoms with Gasteiger partial charge in [0.25, 0.3) is 0 Å². The zero-order chi connectivity index (χ0) is 21.8. The van der Waals surface area contributed by atoms with Crippen molar-refractivity contribution in [1.82, 2.24) is 14.5 Å². The van der Waals surface area contributed by atoms with Gasteiger partial charge in [0.15, 0.2) is 5.69 Å². The second-order valence-corrected chi connectivity index (χ2v) is 6.97. The monoisotopic (exact) mass is 414 g/mol. The minimum Gasteiger partial charge on any atom is -0.497 e. The zero-order valence-corrected chi connectivity index (χ0v) is 18.0. The lowest BCUT2D eigenvalue weighted by atomic mass is 10.1. The molecule has 1 aromatic heterocycles. The summed E-state index contributed by atoms with van der Waals surface area (Å²) in [5, 5.41) is 1.58. The first-order chi connectivity index (χ1) is 14.4. The van der Waals surface area contributed by atoms with E-state index in [-0.39, 0.29) is 12.3 Å². The third-order valence-electron chi connectivity index (χ3n) is 5.32. The Hall–Kier alpha value is -3.04. The van der Waals surface area contributed by atoms with Gasteiger partial charge in [0, 0.05) is 24.7 Å². The van der Waals surface area contributed by atoms with Crippen molar-refractivity contribution in [2.24, 2.45) is 11.6 Å². The minimum atomic E-state index is -0.464. The summed E-state index contributed by atoms with van der Waals surface area (Å²) in [5.41, 5.74) is 10.3. The predicted molar refractivity (Wildman–Crippen MR) is 115 cm³/mol. The van der Waals surface area contributed by atoms with Crippen molar-refractivity contribution in [1.29, 1.82) is 0 Å². The van der Waals surface area contributed by atoms with Crippen LogP contribution in [0.25, 0.3) is 5.69 Å². The summed E-state index contributed by atoms with van der Waals surface area (Å²) in [4.78, 5) is 19.1. The van der Waals surface area contributed by atoms with E-state index < -0.39 is 5.97 Å². The van der Waals surface area contributed by atoms with E-state index in [4.69, 9.17) is 21.1 Å². The molecule has 9 heteroatoms. The average molecular weight is 415 g/mol. The van der Waals surface area contributed by atoms with Gasteiger partial charge in [-0.25, -0.2) is 15.6 Å². The minimum absolute atomic E-state index is 0.266. The highest BCUT2D eigenvalue weighted by atomic mass is 16.5. The van der Waals surface area contributed by atoms with Gasteiger partial charge >= 0.3 is 5.97 Å². The quantitative estimate of drug-likeness (QED) is 0.521. The molecule has 0 saturated heterocycles. The second kappa shape index (κ2) is 9.19. The summed E-state index contributed by atoms with van der Waals surface area (Å²) >= 11 is 0. The first-order valence-corrected chi connectivity index (χ1v) is 10.1. The van der Waals surface area contributed by atoms with Crippen molar-refractivity contribution in [3.8, 4) is 11.4 Å². The number of ether oxygens (including phenoxy) is 2. The van der Waals surface area contributed by atoms with Crippen LogP contribution < -0.4 is 21.3 Å². The van der Waals surface area contributed by atoms with Crippen LogP contribution >= 0.6 is 0 Å². The molecule has 1 aliphatic rings. The molecule has 0 amide bonds. The lowest BCUT2D eigenvalue weighted by Crippen LogP contribution is -2.36. The van der Waals surface area contributed by atoms with Crippen LogP contribution in [-0.2, 0) is 11.2 Å². The Bertz CT molecular complexity index is 948. The van der Waals surface area contributed by atoms with Crippen LogP contribution in [-0.4, -0.2) is 53.8 Å². The SMILES string of the molecule is CCOC(=O)c1ncn2c1C/C(=C(/N)CN(CC)CC)N(N)c1cc(OC)ccc1-2. The summed E-state index contributed by atoms with van der Waals surface area (Å²) in [6.07, 6.45) is 1.96. The van der Waals surface area contributed by atoms with Crippen LogP contribution in [0.2, 0.25) is 0 Å². The van der Waals surface area contributed by atoms with Crippen molar-refractivity contribution >= 4 is 11.7 Å². The molecule has 0 saturated carbocycles. The maximum absolute atomic E-state index is 12.5. The lowest BCUT2D eigenvalue weighted by Gasteiger charge is -2.26. The Kier molecular flexibility index (Phi) is 6.63. The van der Waals surface area contributed by atoms with Crippen molar-refractivity contribution in [2.45, 2.75) is 27.2 Å². The van der Waals surface area contributed by atoms with Gasteiger partial charge in [0.2, 0.25) is 0 Å². The van der Waals surface area contributed by atoms with Gasteiger partial charge in [-0.3, -0.25) is 14.5 Å². The average Bonchev–Trinajstić information content (AvgIpc) is 3.13. The number of benzene rings is 1. The molecule has 0 radical (unpaired) electrons. The van der Waals surface area contributed by atoms with E-state index in [1.165, 1.54) is 0 Å². The molecule has 0 bridgehead atoms. The van der Waals surface area contributed by atoms with Crippen molar-refractivity contribution in [3.63, 3.8) is 0 Å². The molecule has 2 heterocycles. The molecule has 0 unspecified atom stereocenters. The van der Waals surface area contributed by atoms with Gasteiger partial charge < -0.3 is 15.2 Å². The summed E-state index contributed by atoms with van der Waals surface area (Å²) in [5.74, 6) is 6.77. The van der Waals surface area contributed by atoms with Crippen LogP contribution in [0.5, 0.6) is 5.75 Å². The van der Waals surface area contributed by atoms with Gasteiger partial charge in [-0.05, 0) is 32.1 Å². The second-order valence-electron chi connectivity index (χ2n) is 6.97. The zero-order valence-electron chi connectivity index (χ0n) is 18.0. The molecule has 0 spiro atoms. The molecular formula is C21H30N6O3. The molecule has 0 aliphatic carbocycles. The summed E-state index contributed by atoms with van der Waals surface area (Å²) in [6, 6.07) is 5.57. The highest BCUT2D eigenvalue weighted by Crippen LogP contribution is 2.36. The van der Waals surface area contributed by atoms with E-state index >= 15 is 0 Å².